The first-order chi connectivity index (χ1) is 21.1. The van der Waals surface area contributed by atoms with Crippen molar-refractivity contribution in [2.75, 3.05) is 13.2 Å². The summed E-state index contributed by atoms with van der Waals surface area (Å²) in [5.41, 5.74) is 4.27. The molecule has 44 heavy (non-hydrogen) atoms. The summed E-state index contributed by atoms with van der Waals surface area (Å²) in [7, 11) is 1.74. The molecule has 0 bridgehead atoms. The fourth-order valence-corrected chi connectivity index (χ4v) is 5.93. The average Bonchev–Trinajstić information content (AvgIpc) is 3.68. The number of ether oxygens (including phenoxy) is 1. The van der Waals surface area contributed by atoms with Crippen molar-refractivity contribution in [3.05, 3.63) is 101 Å². The molecule has 0 aliphatic carbocycles. The molecular weight excluding hydrogens is 561 g/mol. The van der Waals surface area contributed by atoms with Crippen LogP contribution in [0, 0.1) is 5.82 Å². The van der Waals surface area contributed by atoms with Gasteiger partial charge in [0.1, 0.15) is 17.4 Å². The zero-order chi connectivity index (χ0) is 30.6. The number of hydrogen-bond donors (Lipinski definition) is 3. The topological polar surface area (TPSA) is 123 Å². The van der Waals surface area contributed by atoms with Crippen molar-refractivity contribution in [2.45, 2.75) is 38.1 Å². The van der Waals surface area contributed by atoms with Crippen molar-refractivity contribution in [1.82, 2.24) is 34.6 Å². The standard InChI is InChI=1S/C33H32FN7O3/c1-33(2,43)18-41-16-21(15-37-41)31-38-26-9-6-20(25-17-40(3)32(42)29-23(25)10-11-35-29)14-24(26)28(39-31)30-27(36-12-13-44-30)19-4-7-22(34)8-5-19/h4-11,14-17,27,30,35-36,43H,12-13,18H2,1-3H3. The van der Waals surface area contributed by atoms with E-state index >= 15 is 0 Å². The van der Waals surface area contributed by atoms with Crippen LogP contribution in [-0.4, -0.2) is 53.2 Å². The Kier molecular flexibility index (Phi) is 6.88. The molecule has 7 rings (SSSR count). The second kappa shape index (κ2) is 10.8. The predicted octanol–water partition coefficient (Wildman–Crippen LogP) is 4.65. The minimum Gasteiger partial charge on any atom is -0.389 e. The Morgan fingerprint density at radius 2 is 1.89 bits per heavy atom. The van der Waals surface area contributed by atoms with Gasteiger partial charge in [0.15, 0.2) is 5.82 Å². The van der Waals surface area contributed by atoms with Crippen molar-refractivity contribution >= 4 is 21.8 Å². The van der Waals surface area contributed by atoms with E-state index in [2.05, 4.69) is 15.4 Å². The molecule has 224 valence electrons. The summed E-state index contributed by atoms with van der Waals surface area (Å²) in [5, 5.41) is 19.9. The number of rotatable bonds is 6. The van der Waals surface area contributed by atoms with Crippen LogP contribution in [0.4, 0.5) is 4.39 Å². The highest BCUT2D eigenvalue weighted by Gasteiger charge is 2.32. The van der Waals surface area contributed by atoms with Gasteiger partial charge in [0.05, 0.1) is 47.8 Å². The van der Waals surface area contributed by atoms with Crippen LogP contribution < -0.4 is 10.9 Å². The number of aryl methyl sites for hydroxylation is 1. The second-order valence-electron chi connectivity index (χ2n) is 11.9. The molecule has 1 aliphatic heterocycles. The average molecular weight is 594 g/mol. The zero-order valence-corrected chi connectivity index (χ0v) is 24.6. The third-order valence-corrected chi connectivity index (χ3v) is 7.94. The first kappa shape index (κ1) is 28.1. The van der Waals surface area contributed by atoms with Crippen LogP contribution in [0.15, 0.2) is 78.1 Å². The second-order valence-corrected chi connectivity index (χ2v) is 11.9. The van der Waals surface area contributed by atoms with E-state index in [1.165, 1.54) is 12.1 Å². The maximum atomic E-state index is 13.9. The van der Waals surface area contributed by atoms with Crippen LogP contribution in [0.25, 0.3) is 44.3 Å². The van der Waals surface area contributed by atoms with E-state index in [0.717, 1.165) is 27.5 Å². The van der Waals surface area contributed by atoms with Crippen LogP contribution in [0.1, 0.15) is 37.3 Å². The Morgan fingerprint density at radius 1 is 1.07 bits per heavy atom. The smallest absolute Gasteiger partial charge is 0.274 e. The molecule has 0 amide bonds. The van der Waals surface area contributed by atoms with Crippen LogP contribution in [0.2, 0.25) is 0 Å². The number of halogens is 1. The summed E-state index contributed by atoms with van der Waals surface area (Å²) < 4.78 is 23.5. The quantitative estimate of drug-likeness (QED) is 0.257. The molecule has 6 aromatic rings. The maximum absolute atomic E-state index is 13.9. The number of pyridine rings is 1. The summed E-state index contributed by atoms with van der Waals surface area (Å²) in [4.78, 5) is 25.8. The van der Waals surface area contributed by atoms with Gasteiger partial charge in [0.25, 0.3) is 5.56 Å². The normalized spacial score (nSPS) is 17.5. The van der Waals surface area contributed by atoms with Crippen LogP contribution in [0.3, 0.4) is 0 Å². The summed E-state index contributed by atoms with van der Waals surface area (Å²) in [6.45, 7) is 4.87. The highest BCUT2D eigenvalue weighted by atomic mass is 19.1. The van der Waals surface area contributed by atoms with Gasteiger partial charge in [-0.15, -0.1) is 0 Å². The van der Waals surface area contributed by atoms with Crippen molar-refractivity contribution < 1.29 is 14.2 Å². The lowest BCUT2D eigenvalue weighted by molar-refractivity contribution is -0.00794. The molecule has 1 fully saturated rings. The molecule has 5 heterocycles. The molecule has 1 saturated heterocycles. The van der Waals surface area contributed by atoms with Crippen LogP contribution in [-0.2, 0) is 18.3 Å². The van der Waals surface area contributed by atoms with E-state index in [-0.39, 0.29) is 17.4 Å². The fraction of sp³-hybridized carbons (Fsp3) is 0.273. The van der Waals surface area contributed by atoms with Gasteiger partial charge in [0, 0.05) is 48.5 Å². The molecule has 1 aliphatic rings. The van der Waals surface area contributed by atoms with Crippen molar-refractivity contribution in [3.63, 3.8) is 0 Å². The summed E-state index contributed by atoms with van der Waals surface area (Å²) in [6.07, 6.45) is 6.61. The van der Waals surface area contributed by atoms with Crippen LogP contribution in [0.5, 0.6) is 0 Å². The first-order valence-corrected chi connectivity index (χ1v) is 14.5. The first-order valence-electron chi connectivity index (χ1n) is 14.5. The minimum absolute atomic E-state index is 0.0999. The molecule has 11 heteroatoms. The Hall–Kier alpha value is -4.71. The summed E-state index contributed by atoms with van der Waals surface area (Å²) in [5.74, 6) is 0.169. The maximum Gasteiger partial charge on any atom is 0.274 e. The SMILES string of the molecule is Cn1cc(-c2ccc3nc(-c4cnn(CC(C)(C)O)c4)nc(C4OCCNC4c4ccc(F)cc4)c3c2)c2cc[nH]c2c1=O. The van der Waals surface area contributed by atoms with Crippen molar-refractivity contribution in [1.29, 1.82) is 0 Å². The number of nitrogens with one attached hydrogen (secondary N) is 2. The van der Waals surface area contributed by atoms with Gasteiger partial charge < -0.3 is 24.7 Å². The molecule has 2 aromatic carbocycles. The minimum atomic E-state index is -0.940. The molecule has 0 radical (unpaired) electrons. The number of fused-ring (bicyclic) bond motifs is 2. The van der Waals surface area contributed by atoms with E-state index in [9.17, 15) is 14.3 Å². The number of H-pyrrole nitrogens is 1. The largest absolute Gasteiger partial charge is 0.389 e. The van der Waals surface area contributed by atoms with Crippen molar-refractivity contribution in [2.24, 2.45) is 7.05 Å². The molecule has 0 spiro atoms. The molecule has 3 N–H and O–H groups in total. The number of morpholine rings is 1. The Labute approximate surface area is 252 Å². The summed E-state index contributed by atoms with van der Waals surface area (Å²) >= 11 is 0. The van der Waals surface area contributed by atoms with Gasteiger partial charge >= 0.3 is 0 Å². The zero-order valence-electron chi connectivity index (χ0n) is 24.6. The van der Waals surface area contributed by atoms with Gasteiger partial charge in [-0.2, -0.15) is 5.10 Å². The Morgan fingerprint density at radius 3 is 2.68 bits per heavy atom. The van der Waals surface area contributed by atoms with Gasteiger partial charge in [-0.25, -0.2) is 14.4 Å². The highest BCUT2D eigenvalue weighted by Crippen LogP contribution is 2.39. The monoisotopic (exact) mass is 593 g/mol. The fourth-order valence-electron chi connectivity index (χ4n) is 5.93. The highest BCUT2D eigenvalue weighted by molar-refractivity contribution is 5.97. The van der Waals surface area contributed by atoms with E-state index < -0.39 is 11.7 Å². The van der Waals surface area contributed by atoms with Gasteiger partial charge in [-0.1, -0.05) is 18.2 Å². The molecule has 10 nitrogen and oxygen atoms in total. The van der Waals surface area contributed by atoms with E-state index in [1.54, 1.807) is 54.7 Å². The Bertz CT molecular complexity index is 2060. The number of benzene rings is 2. The number of hydrogen-bond acceptors (Lipinski definition) is 7. The van der Waals surface area contributed by atoms with Gasteiger partial charge in [0.2, 0.25) is 0 Å². The molecule has 0 saturated carbocycles. The number of aromatic amines is 1. The number of aromatic nitrogens is 6. The molecular formula is C33H32FN7O3. The van der Waals surface area contributed by atoms with E-state index in [0.29, 0.717) is 47.8 Å². The number of aliphatic hydroxyl groups is 1. The van der Waals surface area contributed by atoms with Crippen LogP contribution >= 0.6 is 0 Å². The molecule has 2 atom stereocenters. The van der Waals surface area contributed by atoms with E-state index in [4.69, 9.17) is 14.7 Å². The third kappa shape index (κ3) is 5.19. The third-order valence-electron chi connectivity index (χ3n) is 7.94. The Balaban J connectivity index is 1.42. The number of nitrogens with zero attached hydrogens (tertiary/aromatic N) is 5. The summed E-state index contributed by atoms with van der Waals surface area (Å²) in [6, 6.07) is 14.0. The lowest BCUT2D eigenvalue weighted by Crippen LogP contribution is -2.37. The molecule has 4 aromatic heterocycles. The predicted molar refractivity (Wildman–Crippen MR) is 165 cm³/mol. The lowest BCUT2D eigenvalue weighted by atomic mass is 9.94. The lowest BCUT2D eigenvalue weighted by Gasteiger charge is -2.33. The van der Waals surface area contributed by atoms with Gasteiger partial charge in [-0.3, -0.25) is 9.48 Å². The van der Waals surface area contributed by atoms with E-state index in [1.807, 2.05) is 36.7 Å². The van der Waals surface area contributed by atoms with Crippen molar-refractivity contribution in [3.8, 4) is 22.5 Å². The van der Waals surface area contributed by atoms with Gasteiger partial charge in [-0.05, 0) is 55.3 Å². The molecule has 2 unspecified atom stereocenters.